The number of phenols is 1. The molecule has 1 heterocycles. The van der Waals surface area contributed by atoms with E-state index in [0.717, 1.165) is 22.2 Å². The number of thioether (sulfide) groups is 1. The van der Waals surface area contributed by atoms with Crippen LogP contribution in [0.3, 0.4) is 0 Å². The van der Waals surface area contributed by atoms with E-state index < -0.39 is 17.1 Å². The zero-order chi connectivity index (χ0) is 19.6. The second-order valence-corrected chi connectivity index (χ2v) is 7.30. The number of aromatic hydroxyl groups is 1. The molecule has 27 heavy (non-hydrogen) atoms. The van der Waals surface area contributed by atoms with Gasteiger partial charge in [-0.2, -0.15) is 0 Å². The summed E-state index contributed by atoms with van der Waals surface area (Å²) < 4.78 is 0. The Labute approximate surface area is 164 Å². The predicted octanol–water partition coefficient (Wildman–Crippen LogP) is 4.03. The molecular weight excluding hydrogens is 388 g/mol. The van der Waals surface area contributed by atoms with E-state index in [1.54, 1.807) is 24.3 Å². The monoisotopic (exact) mass is 402 g/mol. The molecule has 0 atom stereocenters. The SMILES string of the molecule is Cc1cccc(NC(=O)CN2C(=O)S/C(=C/c3ccc(O)c(Cl)c3)C2=O)c1. The van der Waals surface area contributed by atoms with Crippen molar-refractivity contribution in [2.24, 2.45) is 0 Å². The molecule has 1 fully saturated rings. The molecule has 3 amide bonds. The summed E-state index contributed by atoms with van der Waals surface area (Å²) in [6.45, 7) is 1.53. The minimum atomic E-state index is -0.548. The van der Waals surface area contributed by atoms with Gasteiger partial charge >= 0.3 is 0 Å². The molecule has 2 N–H and O–H groups in total. The summed E-state index contributed by atoms with van der Waals surface area (Å²) in [7, 11) is 0. The number of hydrogen-bond acceptors (Lipinski definition) is 5. The number of imide groups is 1. The highest BCUT2D eigenvalue weighted by atomic mass is 35.5. The Bertz CT molecular complexity index is 974. The number of nitrogens with zero attached hydrogens (tertiary/aromatic N) is 1. The van der Waals surface area contributed by atoms with Gasteiger partial charge < -0.3 is 10.4 Å². The first kappa shape index (κ1) is 19.0. The lowest BCUT2D eigenvalue weighted by Gasteiger charge is -2.12. The summed E-state index contributed by atoms with van der Waals surface area (Å²) >= 11 is 6.60. The number of phenolic OH excluding ortho intramolecular Hbond substituents is 1. The molecule has 1 saturated heterocycles. The van der Waals surface area contributed by atoms with Crippen molar-refractivity contribution in [3.63, 3.8) is 0 Å². The van der Waals surface area contributed by atoms with E-state index in [0.29, 0.717) is 11.3 Å². The Balaban J connectivity index is 1.71. The summed E-state index contributed by atoms with van der Waals surface area (Å²) in [6.07, 6.45) is 1.49. The number of carbonyl (C=O) groups excluding carboxylic acids is 3. The van der Waals surface area contributed by atoms with Gasteiger partial charge in [-0.3, -0.25) is 19.3 Å². The van der Waals surface area contributed by atoms with E-state index in [-0.39, 0.29) is 22.2 Å². The third-order valence-electron chi connectivity index (χ3n) is 3.75. The van der Waals surface area contributed by atoms with Gasteiger partial charge in [-0.1, -0.05) is 29.8 Å². The summed E-state index contributed by atoms with van der Waals surface area (Å²) in [6, 6.07) is 11.7. The van der Waals surface area contributed by atoms with E-state index >= 15 is 0 Å². The number of carbonyl (C=O) groups is 3. The van der Waals surface area contributed by atoms with E-state index in [9.17, 15) is 19.5 Å². The maximum atomic E-state index is 12.5. The fourth-order valence-corrected chi connectivity index (χ4v) is 3.49. The third-order valence-corrected chi connectivity index (χ3v) is 4.96. The average molecular weight is 403 g/mol. The fraction of sp³-hybridized carbons (Fsp3) is 0.105. The Kier molecular flexibility index (Phi) is 5.53. The van der Waals surface area contributed by atoms with Crippen molar-refractivity contribution in [3.05, 3.63) is 63.5 Å². The van der Waals surface area contributed by atoms with Crippen molar-refractivity contribution in [1.29, 1.82) is 0 Å². The highest BCUT2D eigenvalue weighted by Gasteiger charge is 2.36. The smallest absolute Gasteiger partial charge is 0.294 e. The molecule has 138 valence electrons. The van der Waals surface area contributed by atoms with Crippen molar-refractivity contribution in [2.45, 2.75) is 6.92 Å². The van der Waals surface area contributed by atoms with Crippen LogP contribution in [0.2, 0.25) is 5.02 Å². The largest absolute Gasteiger partial charge is 0.506 e. The molecule has 3 rings (SSSR count). The van der Waals surface area contributed by atoms with Gasteiger partial charge in [0.2, 0.25) is 5.91 Å². The van der Waals surface area contributed by atoms with Crippen LogP contribution in [0.5, 0.6) is 5.75 Å². The highest BCUT2D eigenvalue weighted by molar-refractivity contribution is 8.18. The van der Waals surface area contributed by atoms with Gasteiger partial charge in [-0.15, -0.1) is 0 Å². The first-order valence-electron chi connectivity index (χ1n) is 7.94. The zero-order valence-corrected chi connectivity index (χ0v) is 15.8. The van der Waals surface area contributed by atoms with Crippen LogP contribution in [0, 0.1) is 6.92 Å². The average Bonchev–Trinajstić information content (AvgIpc) is 2.85. The Hall–Kier alpha value is -2.77. The number of nitrogens with one attached hydrogen (secondary N) is 1. The topological polar surface area (TPSA) is 86.7 Å². The number of benzene rings is 2. The van der Waals surface area contributed by atoms with Gasteiger partial charge in [0.15, 0.2) is 0 Å². The zero-order valence-electron chi connectivity index (χ0n) is 14.2. The van der Waals surface area contributed by atoms with Crippen LogP contribution in [0.1, 0.15) is 11.1 Å². The normalized spacial score (nSPS) is 15.5. The van der Waals surface area contributed by atoms with Crippen molar-refractivity contribution in [2.75, 3.05) is 11.9 Å². The van der Waals surface area contributed by atoms with Crippen LogP contribution in [0.25, 0.3) is 6.08 Å². The van der Waals surface area contributed by atoms with Crippen molar-refractivity contribution in [3.8, 4) is 5.75 Å². The number of hydrogen-bond donors (Lipinski definition) is 2. The maximum absolute atomic E-state index is 12.5. The molecule has 2 aromatic carbocycles. The number of rotatable bonds is 4. The van der Waals surface area contributed by atoms with Gasteiger partial charge in [0.1, 0.15) is 12.3 Å². The molecule has 0 saturated carbocycles. The highest BCUT2D eigenvalue weighted by Crippen LogP contribution is 2.33. The van der Waals surface area contributed by atoms with Gasteiger partial charge in [0.05, 0.1) is 9.93 Å². The summed E-state index contributed by atoms with van der Waals surface area (Å²) in [5.41, 5.74) is 2.14. The first-order chi connectivity index (χ1) is 12.8. The number of amides is 3. The lowest BCUT2D eigenvalue weighted by Crippen LogP contribution is -2.36. The van der Waals surface area contributed by atoms with Crippen LogP contribution in [0.4, 0.5) is 10.5 Å². The molecule has 0 aromatic heterocycles. The standard InChI is InChI=1S/C19H15ClN2O4S/c1-11-3-2-4-13(7-11)21-17(24)10-22-18(25)16(27-19(22)26)9-12-5-6-15(23)14(20)8-12/h2-9,23H,10H2,1H3,(H,21,24)/b16-9+. The second-order valence-electron chi connectivity index (χ2n) is 5.90. The van der Waals surface area contributed by atoms with Crippen LogP contribution in [-0.4, -0.2) is 33.6 Å². The summed E-state index contributed by atoms with van der Waals surface area (Å²) in [5, 5.41) is 11.7. The summed E-state index contributed by atoms with van der Waals surface area (Å²) in [5.74, 6) is -1.08. The second kappa shape index (κ2) is 7.85. The van der Waals surface area contributed by atoms with Gasteiger partial charge in [0.25, 0.3) is 11.1 Å². The molecule has 8 heteroatoms. The lowest BCUT2D eigenvalue weighted by molar-refractivity contribution is -0.127. The van der Waals surface area contributed by atoms with Crippen molar-refractivity contribution < 1.29 is 19.5 Å². The molecule has 0 spiro atoms. The van der Waals surface area contributed by atoms with E-state index in [1.165, 1.54) is 18.2 Å². The Morgan fingerprint density at radius 2 is 2.04 bits per heavy atom. The lowest BCUT2D eigenvalue weighted by atomic mass is 10.2. The van der Waals surface area contributed by atoms with Crippen LogP contribution >= 0.6 is 23.4 Å². The van der Waals surface area contributed by atoms with E-state index in [4.69, 9.17) is 11.6 Å². The van der Waals surface area contributed by atoms with Crippen molar-refractivity contribution >= 4 is 52.2 Å². The Morgan fingerprint density at radius 3 is 2.74 bits per heavy atom. The maximum Gasteiger partial charge on any atom is 0.294 e. The molecule has 1 aliphatic heterocycles. The molecule has 0 radical (unpaired) electrons. The predicted molar refractivity (Wildman–Crippen MR) is 106 cm³/mol. The van der Waals surface area contributed by atoms with E-state index in [2.05, 4.69) is 5.32 Å². The minimum Gasteiger partial charge on any atom is -0.506 e. The van der Waals surface area contributed by atoms with Crippen LogP contribution < -0.4 is 5.32 Å². The molecular formula is C19H15ClN2O4S. The Morgan fingerprint density at radius 1 is 1.26 bits per heavy atom. The molecule has 2 aromatic rings. The van der Waals surface area contributed by atoms with Gasteiger partial charge in [0, 0.05) is 5.69 Å². The third kappa shape index (κ3) is 4.50. The number of halogens is 1. The molecule has 6 nitrogen and oxygen atoms in total. The first-order valence-corrected chi connectivity index (χ1v) is 9.13. The fourth-order valence-electron chi connectivity index (χ4n) is 2.47. The molecule has 0 aliphatic carbocycles. The van der Waals surface area contributed by atoms with Crippen molar-refractivity contribution in [1.82, 2.24) is 4.90 Å². The minimum absolute atomic E-state index is 0.0743. The van der Waals surface area contributed by atoms with Gasteiger partial charge in [-0.25, -0.2) is 0 Å². The molecule has 0 bridgehead atoms. The van der Waals surface area contributed by atoms with Gasteiger partial charge in [-0.05, 0) is 60.2 Å². The van der Waals surface area contributed by atoms with Crippen LogP contribution in [-0.2, 0) is 9.59 Å². The molecule has 0 unspecified atom stereocenters. The van der Waals surface area contributed by atoms with Crippen LogP contribution in [0.15, 0.2) is 47.4 Å². The van der Waals surface area contributed by atoms with E-state index in [1.807, 2.05) is 13.0 Å². The summed E-state index contributed by atoms with van der Waals surface area (Å²) in [4.78, 5) is 37.9. The molecule has 1 aliphatic rings. The number of aryl methyl sites for hydroxylation is 1. The number of anilines is 1. The quantitative estimate of drug-likeness (QED) is 0.754.